The van der Waals surface area contributed by atoms with Crippen molar-refractivity contribution in [2.75, 3.05) is 18.1 Å². The molecular weight excluding hydrogens is 202 g/mol. The normalized spacial score (nSPS) is 22.3. The SMILES string of the molecule is c1snnc1CNCC1CCSC1. The molecule has 0 amide bonds. The average Bonchev–Trinajstić information content (AvgIpc) is 2.75. The second-order valence-corrected chi connectivity index (χ2v) is 5.02. The Morgan fingerprint density at radius 2 is 2.62 bits per heavy atom. The van der Waals surface area contributed by atoms with Crippen molar-refractivity contribution >= 4 is 23.3 Å². The van der Waals surface area contributed by atoms with Gasteiger partial charge in [-0.15, -0.1) is 5.10 Å². The molecule has 1 aromatic heterocycles. The van der Waals surface area contributed by atoms with E-state index >= 15 is 0 Å². The molecule has 0 aliphatic carbocycles. The zero-order chi connectivity index (χ0) is 8.93. The van der Waals surface area contributed by atoms with Crippen LogP contribution in [0.15, 0.2) is 5.38 Å². The maximum absolute atomic E-state index is 3.98. The van der Waals surface area contributed by atoms with Crippen molar-refractivity contribution in [3.63, 3.8) is 0 Å². The van der Waals surface area contributed by atoms with Crippen LogP contribution in [0.2, 0.25) is 0 Å². The monoisotopic (exact) mass is 215 g/mol. The topological polar surface area (TPSA) is 37.8 Å². The third kappa shape index (κ3) is 2.93. The van der Waals surface area contributed by atoms with Gasteiger partial charge < -0.3 is 5.32 Å². The minimum Gasteiger partial charge on any atom is -0.311 e. The Morgan fingerprint density at radius 3 is 3.31 bits per heavy atom. The highest BCUT2D eigenvalue weighted by molar-refractivity contribution is 7.99. The molecule has 1 unspecified atom stereocenters. The first-order chi connectivity index (χ1) is 6.45. The smallest absolute Gasteiger partial charge is 0.0893 e. The maximum Gasteiger partial charge on any atom is 0.0893 e. The number of nitrogens with zero attached hydrogens (tertiary/aromatic N) is 2. The van der Waals surface area contributed by atoms with Crippen molar-refractivity contribution < 1.29 is 0 Å². The van der Waals surface area contributed by atoms with E-state index in [1.165, 1.54) is 29.5 Å². The van der Waals surface area contributed by atoms with E-state index < -0.39 is 0 Å². The molecule has 1 fully saturated rings. The number of nitrogens with one attached hydrogen (secondary N) is 1. The van der Waals surface area contributed by atoms with E-state index in [9.17, 15) is 0 Å². The summed E-state index contributed by atoms with van der Waals surface area (Å²) in [5.74, 6) is 3.53. The third-order valence-electron chi connectivity index (χ3n) is 2.17. The largest absolute Gasteiger partial charge is 0.311 e. The van der Waals surface area contributed by atoms with Gasteiger partial charge >= 0.3 is 0 Å². The van der Waals surface area contributed by atoms with Gasteiger partial charge in [0.15, 0.2) is 0 Å². The molecule has 0 radical (unpaired) electrons. The lowest BCUT2D eigenvalue weighted by atomic mass is 10.1. The molecule has 1 saturated heterocycles. The summed E-state index contributed by atoms with van der Waals surface area (Å²) in [5.41, 5.74) is 1.07. The van der Waals surface area contributed by atoms with Crippen molar-refractivity contribution in [1.29, 1.82) is 0 Å². The van der Waals surface area contributed by atoms with Crippen molar-refractivity contribution in [2.45, 2.75) is 13.0 Å². The molecule has 1 atom stereocenters. The van der Waals surface area contributed by atoms with Gasteiger partial charge in [0.25, 0.3) is 0 Å². The lowest BCUT2D eigenvalue weighted by molar-refractivity contribution is 0.520. The molecule has 13 heavy (non-hydrogen) atoms. The Kier molecular flexibility index (Phi) is 3.57. The van der Waals surface area contributed by atoms with E-state index in [1.807, 2.05) is 5.38 Å². The van der Waals surface area contributed by atoms with E-state index in [0.29, 0.717) is 0 Å². The fraction of sp³-hybridized carbons (Fsp3) is 0.750. The van der Waals surface area contributed by atoms with E-state index in [1.54, 1.807) is 0 Å². The standard InChI is InChI=1S/C8H13N3S2/c1-2-12-5-7(1)3-9-4-8-6-13-11-10-8/h6-7,9H,1-5H2. The molecular formula is C8H13N3S2. The Bertz CT molecular complexity index is 232. The highest BCUT2D eigenvalue weighted by Gasteiger charge is 2.14. The van der Waals surface area contributed by atoms with Crippen LogP contribution in [0.4, 0.5) is 0 Å². The first-order valence-corrected chi connectivity index (χ1v) is 6.48. The predicted molar refractivity (Wildman–Crippen MR) is 57.0 cm³/mol. The minimum absolute atomic E-state index is 0.872. The molecule has 2 rings (SSSR count). The van der Waals surface area contributed by atoms with Gasteiger partial charge in [-0.25, -0.2) is 0 Å². The summed E-state index contributed by atoms with van der Waals surface area (Å²) in [6.07, 6.45) is 1.37. The van der Waals surface area contributed by atoms with Gasteiger partial charge in [0.2, 0.25) is 0 Å². The summed E-state index contributed by atoms with van der Waals surface area (Å²) in [7, 11) is 0. The molecule has 2 heterocycles. The molecule has 1 N–H and O–H groups in total. The highest BCUT2D eigenvalue weighted by atomic mass is 32.2. The maximum atomic E-state index is 3.98. The zero-order valence-corrected chi connectivity index (χ0v) is 9.03. The summed E-state index contributed by atoms with van der Waals surface area (Å²) >= 11 is 3.48. The van der Waals surface area contributed by atoms with Crippen LogP contribution >= 0.6 is 23.3 Å². The molecule has 5 heteroatoms. The van der Waals surface area contributed by atoms with Crippen molar-refractivity contribution in [3.8, 4) is 0 Å². The van der Waals surface area contributed by atoms with Gasteiger partial charge in [-0.2, -0.15) is 11.8 Å². The van der Waals surface area contributed by atoms with Crippen molar-refractivity contribution in [2.24, 2.45) is 5.92 Å². The number of hydrogen-bond donors (Lipinski definition) is 1. The van der Waals surface area contributed by atoms with Crippen molar-refractivity contribution in [1.82, 2.24) is 14.9 Å². The van der Waals surface area contributed by atoms with Crippen LogP contribution in [0.3, 0.4) is 0 Å². The summed E-state index contributed by atoms with van der Waals surface area (Å²) in [4.78, 5) is 0. The number of thioether (sulfide) groups is 1. The molecule has 0 saturated carbocycles. The second-order valence-electron chi connectivity index (χ2n) is 3.26. The van der Waals surface area contributed by atoms with Crippen LogP contribution in [-0.2, 0) is 6.54 Å². The van der Waals surface area contributed by atoms with Crippen LogP contribution < -0.4 is 5.32 Å². The van der Waals surface area contributed by atoms with E-state index in [0.717, 1.165) is 24.7 Å². The number of aromatic nitrogens is 2. The Hall–Kier alpha value is -0.130. The first kappa shape index (κ1) is 9.43. The second kappa shape index (κ2) is 4.93. The third-order valence-corrected chi connectivity index (χ3v) is 3.95. The van der Waals surface area contributed by atoms with Crippen LogP contribution in [0.25, 0.3) is 0 Å². The van der Waals surface area contributed by atoms with Gasteiger partial charge in [-0.05, 0) is 41.9 Å². The number of rotatable bonds is 4. The van der Waals surface area contributed by atoms with E-state index in [4.69, 9.17) is 0 Å². The van der Waals surface area contributed by atoms with Crippen LogP contribution in [0.5, 0.6) is 0 Å². The highest BCUT2D eigenvalue weighted by Crippen LogP contribution is 2.22. The first-order valence-electron chi connectivity index (χ1n) is 4.49. The molecule has 0 bridgehead atoms. The quantitative estimate of drug-likeness (QED) is 0.823. The Balaban J connectivity index is 1.63. The zero-order valence-electron chi connectivity index (χ0n) is 7.40. The molecule has 0 spiro atoms. The van der Waals surface area contributed by atoms with Crippen LogP contribution in [0, 0.1) is 5.92 Å². The van der Waals surface area contributed by atoms with Crippen LogP contribution in [0.1, 0.15) is 12.1 Å². The fourth-order valence-electron chi connectivity index (χ4n) is 1.41. The van der Waals surface area contributed by atoms with Gasteiger partial charge in [0, 0.05) is 11.9 Å². The van der Waals surface area contributed by atoms with Gasteiger partial charge in [0.05, 0.1) is 5.69 Å². The lowest BCUT2D eigenvalue weighted by Gasteiger charge is -2.07. The fourth-order valence-corrected chi connectivity index (χ4v) is 3.15. The lowest BCUT2D eigenvalue weighted by Crippen LogP contribution is -2.22. The summed E-state index contributed by atoms with van der Waals surface area (Å²) < 4.78 is 3.82. The van der Waals surface area contributed by atoms with Gasteiger partial charge in [0.1, 0.15) is 0 Å². The predicted octanol–water partition coefficient (Wildman–Crippen LogP) is 1.38. The van der Waals surface area contributed by atoms with Gasteiger partial charge in [-0.3, -0.25) is 0 Å². The molecule has 1 aromatic rings. The molecule has 72 valence electrons. The molecule has 3 nitrogen and oxygen atoms in total. The van der Waals surface area contributed by atoms with E-state index in [2.05, 4.69) is 26.7 Å². The Morgan fingerprint density at radius 1 is 1.62 bits per heavy atom. The minimum atomic E-state index is 0.872. The van der Waals surface area contributed by atoms with Crippen molar-refractivity contribution in [3.05, 3.63) is 11.1 Å². The summed E-state index contributed by atoms with van der Waals surface area (Å²) in [6, 6.07) is 0. The molecule has 1 aliphatic rings. The van der Waals surface area contributed by atoms with Crippen LogP contribution in [-0.4, -0.2) is 27.6 Å². The average molecular weight is 215 g/mol. The number of hydrogen-bond acceptors (Lipinski definition) is 5. The van der Waals surface area contributed by atoms with E-state index in [-0.39, 0.29) is 0 Å². The summed E-state index contributed by atoms with van der Waals surface area (Å²) in [5, 5.41) is 9.40. The molecule has 0 aromatic carbocycles. The summed E-state index contributed by atoms with van der Waals surface area (Å²) in [6.45, 7) is 2.00. The Labute approximate surface area is 86.5 Å². The molecule has 1 aliphatic heterocycles. The van der Waals surface area contributed by atoms with Gasteiger partial charge in [-0.1, -0.05) is 4.49 Å².